The van der Waals surface area contributed by atoms with E-state index in [0.29, 0.717) is 24.7 Å². The van der Waals surface area contributed by atoms with E-state index in [9.17, 15) is 4.79 Å². The van der Waals surface area contributed by atoms with Crippen molar-refractivity contribution in [3.63, 3.8) is 0 Å². The summed E-state index contributed by atoms with van der Waals surface area (Å²) in [7, 11) is 0. The van der Waals surface area contributed by atoms with Crippen LogP contribution in [0.25, 0.3) is 6.08 Å². The third-order valence-corrected chi connectivity index (χ3v) is 4.48. The second kappa shape index (κ2) is 6.82. The highest BCUT2D eigenvalue weighted by atomic mass is 16.5. The van der Waals surface area contributed by atoms with Crippen LogP contribution in [-0.2, 0) is 4.74 Å². The lowest BCUT2D eigenvalue weighted by atomic mass is 10.1. The number of morpholine rings is 1. The third-order valence-electron chi connectivity index (χ3n) is 4.48. The zero-order valence-electron chi connectivity index (χ0n) is 14.2. The van der Waals surface area contributed by atoms with Crippen LogP contribution in [0.4, 0.5) is 0 Å². The number of nitrogens with zero attached hydrogens (tertiary/aromatic N) is 2. The Morgan fingerprint density at radius 3 is 3.12 bits per heavy atom. The summed E-state index contributed by atoms with van der Waals surface area (Å²) in [5.74, 6) is 1.55. The summed E-state index contributed by atoms with van der Waals surface area (Å²) in [6, 6.07) is 9.60. The number of hydrogen-bond donors (Lipinski definition) is 1. The van der Waals surface area contributed by atoms with E-state index in [2.05, 4.69) is 27.0 Å². The quantitative estimate of drug-likeness (QED) is 0.925. The SMILES string of the molecule is Cc1nc(C2CN(CC3=Cc4ccccc4OC3)CCO2)cc(=O)[nH]1. The minimum Gasteiger partial charge on any atom is -0.489 e. The Labute approximate surface area is 146 Å². The number of hydrogen-bond acceptors (Lipinski definition) is 5. The van der Waals surface area contributed by atoms with Crippen molar-refractivity contribution in [1.29, 1.82) is 0 Å². The van der Waals surface area contributed by atoms with Gasteiger partial charge in [0.25, 0.3) is 5.56 Å². The summed E-state index contributed by atoms with van der Waals surface area (Å²) in [6.45, 7) is 5.43. The molecule has 1 saturated heterocycles. The van der Waals surface area contributed by atoms with E-state index in [4.69, 9.17) is 9.47 Å². The Morgan fingerprint density at radius 1 is 1.36 bits per heavy atom. The first kappa shape index (κ1) is 16.1. The van der Waals surface area contributed by atoms with Crippen molar-refractivity contribution in [1.82, 2.24) is 14.9 Å². The van der Waals surface area contributed by atoms with Crippen molar-refractivity contribution < 1.29 is 9.47 Å². The Bertz CT molecular complexity index is 859. The van der Waals surface area contributed by atoms with Gasteiger partial charge in [-0.3, -0.25) is 9.69 Å². The maximum Gasteiger partial charge on any atom is 0.251 e. The van der Waals surface area contributed by atoms with Crippen LogP contribution in [0.2, 0.25) is 0 Å². The van der Waals surface area contributed by atoms with Gasteiger partial charge in [0.1, 0.15) is 24.3 Å². The second-order valence-corrected chi connectivity index (χ2v) is 6.48. The van der Waals surface area contributed by atoms with Gasteiger partial charge in [-0.25, -0.2) is 4.98 Å². The van der Waals surface area contributed by atoms with E-state index in [1.54, 1.807) is 6.92 Å². The highest BCUT2D eigenvalue weighted by molar-refractivity contribution is 5.62. The van der Waals surface area contributed by atoms with Crippen LogP contribution in [0.3, 0.4) is 0 Å². The van der Waals surface area contributed by atoms with Gasteiger partial charge in [-0.1, -0.05) is 18.2 Å². The zero-order valence-corrected chi connectivity index (χ0v) is 14.2. The van der Waals surface area contributed by atoms with Crippen LogP contribution < -0.4 is 10.3 Å². The van der Waals surface area contributed by atoms with E-state index in [-0.39, 0.29) is 11.7 Å². The van der Waals surface area contributed by atoms with E-state index in [1.165, 1.54) is 11.6 Å². The molecule has 6 nitrogen and oxygen atoms in total. The molecule has 4 rings (SSSR count). The molecule has 2 aliphatic rings. The first-order chi connectivity index (χ1) is 12.2. The fraction of sp³-hybridized carbons (Fsp3) is 0.368. The molecular weight excluding hydrogens is 318 g/mol. The number of aryl methyl sites for hydroxylation is 1. The molecule has 3 heterocycles. The lowest BCUT2D eigenvalue weighted by Crippen LogP contribution is -2.40. The van der Waals surface area contributed by atoms with Crippen molar-refractivity contribution in [2.24, 2.45) is 0 Å². The summed E-state index contributed by atoms with van der Waals surface area (Å²) in [6.07, 6.45) is 2.03. The first-order valence-electron chi connectivity index (χ1n) is 8.50. The molecule has 1 N–H and O–H groups in total. The van der Waals surface area contributed by atoms with Crippen molar-refractivity contribution in [2.45, 2.75) is 13.0 Å². The molecule has 2 aromatic rings. The highest BCUT2D eigenvalue weighted by Gasteiger charge is 2.25. The number of benzene rings is 1. The van der Waals surface area contributed by atoms with E-state index < -0.39 is 0 Å². The van der Waals surface area contributed by atoms with E-state index >= 15 is 0 Å². The van der Waals surface area contributed by atoms with Crippen LogP contribution in [0.15, 0.2) is 40.7 Å². The predicted molar refractivity (Wildman–Crippen MR) is 94.6 cm³/mol. The molecule has 0 saturated carbocycles. The molecule has 1 fully saturated rings. The minimum atomic E-state index is -0.174. The molecule has 1 atom stereocenters. The molecule has 2 aliphatic heterocycles. The lowest BCUT2D eigenvalue weighted by molar-refractivity contribution is -0.0296. The highest BCUT2D eigenvalue weighted by Crippen LogP contribution is 2.27. The molecule has 130 valence electrons. The summed E-state index contributed by atoms with van der Waals surface area (Å²) in [4.78, 5) is 21.1. The number of aromatic nitrogens is 2. The average molecular weight is 339 g/mol. The molecule has 0 spiro atoms. The molecule has 0 aliphatic carbocycles. The van der Waals surface area contributed by atoms with Crippen LogP contribution in [0.5, 0.6) is 5.75 Å². The summed E-state index contributed by atoms with van der Waals surface area (Å²) in [5.41, 5.74) is 2.93. The van der Waals surface area contributed by atoms with Gasteiger partial charge >= 0.3 is 0 Å². The van der Waals surface area contributed by atoms with Gasteiger partial charge in [0.05, 0.1) is 12.3 Å². The van der Waals surface area contributed by atoms with Gasteiger partial charge in [0.15, 0.2) is 0 Å². The summed E-state index contributed by atoms with van der Waals surface area (Å²) < 4.78 is 11.7. The molecule has 25 heavy (non-hydrogen) atoms. The average Bonchev–Trinajstić information content (AvgIpc) is 2.61. The minimum absolute atomic E-state index is 0.136. The van der Waals surface area contributed by atoms with Gasteiger partial charge in [-0.2, -0.15) is 0 Å². The van der Waals surface area contributed by atoms with Gasteiger partial charge in [0, 0.05) is 31.3 Å². The maximum atomic E-state index is 11.7. The second-order valence-electron chi connectivity index (χ2n) is 6.48. The molecule has 1 unspecified atom stereocenters. The topological polar surface area (TPSA) is 67.5 Å². The molecular formula is C19H21N3O3. The number of aromatic amines is 1. The molecule has 1 aromatic carbocycles. The summed E-state index contributed by atoms with van der Waals surface area (Å²) >= 11 is 0. The Balaban J connectivity index is 1.47. The number of H-pyrrole nitrogens is 1. The number of para-hydroxylation sites is 1. The Hall–Kier alpha value is -2.44. The van der Waals surface area contributed by atoms with Crippen molar-refractivity contribution in [2.75, 3.05) is 32.8 Å². The zero-order chi connectivity index (χ0) is 17.2. The number of rotatable bonds is 3. The Kier molecular flexibility index (Phi) is 4.38. The molecule has 0 bridgehead atoms. The normalized spacial score (nSPS) is 20.5. The van der Waals surface area contributed by atoms with Crippen LogP contribution in [-0.4, -0.2) is 47.7 Å². The van der Waals surface area contributed by atoms with Gasteiger partial charge in [0.2, 0.25) is 0 Å². The molecule has 6 heteroatoms. The predicted octanol–water partition coefficient (Wildman–Crippen LogP) is 1.93. The lowest BCUT2D eigenvalue weighted by Gasteiger charge is -2.33. The fourth-order valence-corrected chi connectivity index (χ4v) is 3.33. The number of fused-ring (bicyclic) bond motifs is 1. The van der Waals surface area contributed by atoms with Crippen LogP contribution in [0, 0.1) is 6.92 Å². The molecule has 0 amide bonds. The first-order valence-corrected chi connectivity index (χ1v) is 8.50. The summed E-state index contributed by atoms with van der Waals surface area (Å²) in [5, 5.41) is 0. The standard InChI is InChI=1S/C19H21N3O3/c1-13-20-16(9-19(23)21-13)18-11-22(6-7-24-18)10-14-8-15-4-2-3-5-17(15)25-12-14/h2-5,8-9,18H,6-7,10-12H2,1H3,(H,20,21,23). The van der Waals surface area contributed by atoms with E-state index in [0.717, 1.165) is 30.9 Å². The van der Waals surface area contributed by atoms with E-state index in [1.807, 2.05) is 18.2 Å². The number of nitrogens with one attached hydrogen (secondary N) is 1. The fourth-order valence-electron chi connectivity index (χ4n) is 3.33. The van der Waals surface area contributed by atoms with Gasteiger partial charge in [-0.05, 0) is 24.6 Å². The Morgan fingerprint density at radius 2 is 2.24 bits per heavy atom. The van der Waals surface area contributed by atoms with Crippen LogP contribution in [0.1, 0.15) is 23.2 Å². The van der Waals surface area contributed by atoms with Gasteiger partial charge in [-0.15, -0.1) is 0 Å². The monoisotopic (exact) mass is 339 g/mol. The third kappa shape index (κ3) is 3.65. The molecule has 0 radical (unpaired) electrons. The van der Waals surface area contributed by atoms with Gasteiger partial charge < -0.3 is 14.5 Å². The smallest absolute Gasteiger partial charge is 0.251 e. The molecule has 1 aromatic heterocycles. The number of ether oxygens (including phenoxy) is 2. The van der Waals surface area contributed by atoms with Crippen molar-refractivity contribution >= 4 is 6.08 Å². The maximum absolute atomic E-state index is 11.7. The van der Waals surface area contributed by atoms with Crippen molar-refractivity contribution in [3.8, 4) is 5.75 Å². The van der Waals surface area contributed by atoms with Crippen molar-refractivity contribution in [3.05, 3.63) is 63.3 Å². The van der Waals surface area contributed by atoms with Crippen LogP contribution >= 0.6 is 0 Å². The largest absolute Gasteiger partial charge is 0.489 e.